The minimum Gasteiger partial charge on any atom is -0.492 e. The van der Waals surface area contributed by atoms with Crippen LogP contribution in [0.4, 0.5) is 11.5 Å². The van der Waals surface area contributed by atoms with E-state index in [1.165, 1.54) is 0 Å². The van der Waals surface area contributed by atoms with Crippen molar-refractivity contribution in [2.75, 3.05) is 17.2 Å². The Morgan fingerprint density at radius 1 is 1.17 bits per heavy atom. The number of anilines is 2. The molecule has 0 spiro atoms. The average molecular weight is 390 g/mol. The van der Waals surface area contributed by atoms with Crippen molar-refractivity contribution in [2.24, 2.45) is 0 Å². The van der Waals surface area contributed by atoms with Crippen LogP contribution in [0.3, 0.4) is 0 Å². The van der Waals surface area contributed by atoms with E-state index >= 15 is 0 Å². The monoisotopic (exact) mass is 390 g/mol. The highest BCUT2D eigenvalue weighted by Gasteiger charge is 2.36. The summed E-state index contributed by atoms with van der Waals surface area (Å²) in [7, 11) is 0. The molecular weight excluding hydrogens is 368 g/mol. The number of benzene rings is 2. The number of rotatable bonds is 6. The lowest BCUT2D eigenvalue weighted by Gasteiger charge is -2.13. The second kappa shape index (κ2) is 7.79. The fourth-order valence-corrected chi connectivity index (χ4v) is 3.56. The van der Waals surface area contributed by atoms with Gasteiger partial charge < -0.3 is 15.4 Å². The zero-order valence-electron chi connectivity index (χ0n) is 16.3. The fraction of sp³-hybridized carbons (Fsp3) is 0.227. The van der Waals surface area contributed by atoms with E-state index < -0.39 is 6.04 Å². The summed E-state index contributed by atoms with van der Waals surface area (Å²) >= 11 is 0. The summed E-state index contributed by atoms with van der Waals surface area (Å²) in [5.41, 5.74) is 3.24. The number of nitrogens with one attached hydrogen (secondary N) is 2. The van der Waals surface area contributed by atoms with Crippen LogP contribution in [0.25, 0.3) is 11.1 Å². The summed E-state index contributed by atoms with van der Waals surface area (Å²) in [5, 5.41) is 10.3. The van der Waals surface area contributed by atoms with Crippen LogP contribution < -0.4 is 15.4 Å². The Morgan fingerprint density at radius 2 is 1.90 bits per heavy atom. The second-order valence-electron chi connectivity index (χ2n) is 6.81. The number of aromatic nitrogens is 2. The first-order valence-corrected chi connectivity index (χ1v) is 9.55. The zero-order chi connectivity index (χ0) is 20.4. The van der Waals surface area contributed by atoms with Gasteiger partial charge in [0.05, 0.1) is 24.4 Å². The third-order valence-corrected chi connectivity index (χ3v) is 4.83. The van der Waals surface area contributed by atoms with E-state index in [-0.39, 0.29) is 18.2 Å². The van der Waals surface area contributed by atoms with Gasteiger partial charge in [-0.3, -0.25) is 9.59 Å². The molecule has 0 aliphatic carbocycles. The molecule has 1 unspecified atom stereocenters. The minimum absolute atomic E-state index is 0.0192. The molecule has 3 aromatic rings. The van der Waals surface area contributed by atoms with Crippen LogP contribution in [0.2, 0.25) is 0 Å². The Morgan fingerprint density at radius 3 is 2.66 bits per heavy atom. The number of fused-ring (bicyclic) bond motifs is 1. The van der Waals surface area contributed by atoms with E-state index in [1.54, 1.807) is 16.8 Å². The first kappa shape index (κ1) is 18.7. The molecule has 29 heavy (non-hydrogen) atoms. The number of amides is 2. The second-order valence-corrected chi connectivity index (χ2v) is 6.81. The summed E-state index contributed by atoms with van der Waals surface area (Å²) in [6.07, 6.45) is -0.0192. The van der Waals surface area contributed by atoms with E-state index in [0.29, 0.717) is 23.9 Å². The van der Waals surface area contributed by atoms with Crippen LogP contribution >= 0.6 is 0 Å². The molecule has 148 valence electrons. The Balaban J connectivity index is 1.56. The molecule has 1 aliphatic heterocycles. The number of para-hydroxylation sites is 2. The van der Waals surface area contributed by atoms with Gasteiger partial charge in [-0.05, 0) is 31.5 Å². The van der Waals surface area contributed by atoms with Crippen LogP contribution in [0.1, 0.15) is 25.1 Å². The van der Waals surface area contributed by atoms with E-state index in [4.69, 9.17) is 4.74 Å². The molecule has 1 aromatic heterocycles. The molecule has 1 aliphatic rings. The Kier molecular flexibility index (Phi) is 5.03. The van der Waals surface area contributed by atoms with Gasteiger partial charge in [-0.2, -0.15) is 5.10 Å². The number of nitrogens with zero attached hydrogens (tertiary/aromatic N) is 2. The van der Waals surface area contributed by atoms with Gasteiger partial charge in [-0.15, -0.1) is 0 Å². The van der Waals surface area contributed by atoms with Gasteiger partial charge in [0.15, 0.2) is 0 Å². The van der Waals surface area contributed by atoms with Crippen molar-refractivity contribution < 1.29 is 14.3 Å². The van der Waals surface area contributed by atoms with E-state index in [0.717, 1.165) is 16.8 Å². The lowest BCUT2D eigenvalue weighted by molar-refractivity contribution is -0.123. The van der Waals surface area contributed by atoms with Gasteiger partial charge in [-0.1, -0.05) is 42.5 Å². The summed E-state index contributed by atoms with van der Waals surface area (Å²) < 4.78 is 7.16. The fourth-order valence-electron chi connectivity index (χ4n) is 3.56. The Bertz CT molecular complexity index is 1060. The number of carbonyl (C=O) groups is 2. The highest BCUT2D eigenvalue weighted by atomic mass is 16.5. The van der Waals surface area contributed by atoms with E-state index in [1.807, 2.05) is 56.3 Å². The molecule has 0 saturated carbocycles. The summed E-state index contributed by atoms with van der Waals surface area (Å²) in [4.78, 5) is 25.2. The van der Waals surface area contributed by atoms with Gasteiger partial charge in [-0.25, -0.2) is 4.68 Å². The zero-order valence-corrected chi connectivity index (χ0v) is 16.3. The predicted octanol–water partition coefficient (Wildman–Crippen LogP) is 3.78. The Labute approximate surface area is 168 Å². The van der Waals surface area contributed by atoms with Crippen LogP contribution in [0.15, 0.2) is 54.6 Å². The molecule has 2 aromatic carbocycles. The average Bonchev–Trinajstić information content (AvgIpc) is 3.18. The number of ether oxygens (including phenoxy) is 1. The standard InChI is InChI=1S/C22H22N4O3/c1-3-29-18-12-8-7-11-16(18)23-19(27)13-17-22(28)24-21-20(14(2)25-26(17)21)15-9-5-4-6-10-15/h4-12,17H,3,13H2,1-2H3,(H,23,27)(H,24,28). The summed E-state index contributed by atoms with van der Waals surface area (Å²) in [5.74, 6) is 0.713. The van der Waals surface area contributed by atoms with Crippen molar-refractivity contribution in [3.05, 3.63) is 60.3 Å². The smallest absolute Gasteiger partial charge is 0.251 e. The van der Waals surface area contributed by atoms with Gasteiger partial charge >= 0.3 is 0 Å². The Hall–Kier alpha value is -3.61. The highest BCUT2D eigenvalue weighted by Crippen LogP contribution is 2.38. The largest absolute Gasteiger partial charge is 0.492 e. The van der Waals surface area contributed by atoms with Crippen molar-refractivity contribution >= 4 is 23.3 Å². The number of hydrogen-bond acceptors (Lipinski definition) is 4. The van der Waals surface area contributed by atoms with Crippen molar-refractivity contribution in [3.63, 3.8) is 0 Å². The maximum Gasteiger partial charge on any atom is 0.251 e. The molecule has 2 heterocycles. The molecule has 7 heteroatoms. The predicted molar refractivity (Wildman–Crippen MR) is 111 cm³/mol. The molecule has 2 amide bonds. The van der Waals surface area contributed by atoms with Crippen LogP contribution in [-0.2, 0) is 9.59 Å². The summed E-state index contributed by atoms with van der Waals surface area (Å²) in [6.45, 7) is 4.28. The third-order valence-electron chi connectivity index (χ3n) is 4.83. The van der Waals surface area contributed by atoms with Crippen molar-refractivity contribution in [1.29, 1.82) is 0 Å². The molecule has 0 bridgehead atoms. The number of carbonyl (C=O) groups excluding carboxylic acids is 2. The quantitative estimate of drug-likeness (QED) is 0.671. The van der Waals surface area contributed by atoms with E-state index in [9.17, 15) is 9.59 Å². The van der Waals surface area contributed by atoms with Crippen molar-refractivity contribution in [2.45, 2.75) is 26.3 Å². The van der Waals surface area contributed by atoms with Crippen LogP contribution in [0, 0.1) is 6.92 Å². The highest BCUT2D eigenvalue weighted by molar-refractivity contribution is 6.04. The SMILES string of the molecule is CCOc1ccccc1NC(=O)CC1C(=O)Nc2c(-c3ccccc3)c(C)nn21. The van der Waals surface area contributed by atoms with Gasteiger partial charge in [0.25, 0.3) is 5.91 Å². The van der Waals surface area contributed by atoms with Crippen molar-refractivity contribution in [1.82, 2.24) is 9.78 Å². The normalized spacial score (nSPS) is 15.0. The molecular formula is C22H22N4O3. The number of hydrogen-bond donors (Lipinski definition) is 2. The molecule has 2 N–H and O–H groups in total. The number of aryl methyl sites for hydroxylation is 1. The first-order valence-electron chi connectivity index (χ1n) is 9.55. The molecule has 0 saturated heterocycles. The van der Waals surface area contributed by atoms with Crippen molar-refractivity contribution in [3.8, 4) is 16.9 Å². The molecule has 0 fully saturated rings. The van der Waals surface area contributed by atoms with Crippen LogP contribution in [0.5, 0.6) is 5.75 Å². The molecule has 1 atom stereocenters. The van der Waals surface area contributed by atoms with Gasteiger partial charge in [0, 0.05) is 5.56 Å². The maximum atomic E-state index is 12.7. The van der Waals surface area contributed by atoms with Gasteiger partial charge in [0.2, 0.25) is 5.91 Å². The first-order chi connectivity index (χ1) is 14.1. The maximum absolute atomic E-state index is 12.7. The lowest BCUT2D eigenvalue weighted by Crippen LogP contribution is -2.24. The lowest BCUT2D eigenvalue weighted by atomic mass is 10.1. The topological polar surface area (TPSA) is 85.2 Å². The van der Waals surface area contributed by atoms with E-state index in [2.05, 4.69) is 15.7 Å². The van der Waals surface area contributed by atoms with Gasteiger partial charge in [0.1, 0.15) is 17.6 Å². The summed E-state index contributed by atoms with van der Waals surface area (Å²) in [6, 6.07) is 16.3. The van der Waals surface area contributed by atoms with Crippen LogP contribution in [-0.4, -0.2) is 28.2 Å². The molecule has 4 rings (SSSR count). The molecule has 7 nitrogen and oxygen atoms in total. The third kappa shape index (κ3) is 3.59. The molecule has 0 radical (unpaired) electrons. The minimum atomic E-state index is -0.694.